The molecule has 46 heavy (non-hydrogen) atoms. The molecule has 7 nitrogen and oxygen atoms in total. The van der Waals surface area contributed by atoms with Crippen LogP contribution in [0.1, 0.15) is 56.5 Å². The van der Waals surface area contributed by atoms with Crippen LogP contribution in [-0.4, -0.2) is 30.9 Å². The molecule has 0 aliphatic heterocycles. The van der Waals surface area contributed by atoms with Crippen molar-refractivity contribution in [2.75, 3.05) is 12.4 Å². The van der Waals surface area contributed by atoms with E-state index in [4.69, 9.17) is 9.47 Å². The summed E-state index contributed by atoms with van der Waals surface area (Å²) in [6, 6.07) is 29.2. The first-order valence-electron chi connectivity index (χ1n) is 15.3. The quantitative estimate of drug-likeness (QED) is 0.137. The van der Waals surface area contributed by atoms with E-state index in [2.05, 4.69) is 54.3 Å². The second-order valence-electron chi connectivity index (χ2n) is 12.5. The highest BCUT2D eigenvalue weighted by molar-refractivity contribution is 9.10. The molecule has 0 aliphatic rings. The number of nitrogens with one attached hydrogen (secondary N) is 2. The SMILES string of the molecule is COC(=O)[C@H](Cc1ccc(-c2ccccc2Oc2ccccc2)cc1)NC(=O)c1cc(Br)ccc1NC(=O)CC(C)(C)CC(C)C. The fraction of sp³-hybridized carbons (Fsp3) is 0.289. The minimum atomic E-state index is -0.954. The Bertz CT molecular complexity index is 1650. The summed E-state index contributed by atoms with van der Waals surface area (Å²) >= 11 is 3.43. The molecule has 4 aromatic carbocycles. The van der Waals surface area contributed by atoms with Gasteiger partial charge in [-0.3, -0.25) is 9.59 Å². The number of benzene rings is 4. The molecule has 0 bridgehead atoms. The number of carbonyl (C=O) groups excluding carboxylic acids is 3. The summed E-state index contributed by atoms with van der Waals surface area (Å²) < 4.78 is 11.8. The van der Waals surface area contributed by atoms with E-state index in [-0.39, 0.29) is 23.3 Å². The maximum absolute atomic E-state index is 13.6. The summed E-state index contributed by atoms with van der Waals surface area (Å²) in [6.45, 7) is 8.38. The van der Waals surface area contributed by atoms with Crippen LogP contribution in [0.25, 0.3) is 11.1 Å². The lowest BCUT2D eigenvalue weighted by Crippen LogP contribution is -2.43. The molecule has 0 aromatic heterocycles. The Kier molecular flexibility index (Phi) is 11.8. The van der Waals surface area contributed by atoms with Crippen molar-refractivity contribution in [2.45, 2.75) is 53.0 Å². The summed E-state index contributed by atoms with van der Waals surface area (Å²) in [7, 11) is 1.29. The predicted molar refractivity (Wildman–Crippen MR) is 186 cm³/mol. The third kappa shape index (κ3) is 9.78. The second kappa shape index (κ2) is 15.7. The lowest BCUT2D eigenvalue weighted by molar-refractivity contribution is -0.142. The van der Waals surface area contributed by atoms with Crippen molar-refractivity contribution in [1.82, 2.24) is 5.32 Å². The maximum atomic E-state index is 13.6. The van der Waals surface area contributed by atoms with E-state index < -0.39 is 17.9 Å². The summed E-state index contributed by atoms with van der Waals surface area (Å²) in [4.78, 5) is 39.4. The smallest absolute Gasteiger partial charge is 0.328 e. The molecule has 0 saturated heterocycles. The van der Waals surface area contributed by atoms with Crippen LogP contribution < -0.4 is 15.4 Å². The van der Waals surface area contributed by atoms with Gasteiger partial charge in [0, 0.05) is 22.9 Å². The number of rotatable bonds is 13. The number of amides is 2. The number of para-hydroxylation sites is 2. The van der Waals surface area contributed by atoms with E-state index in [0.29, 0.717) is 22.5 Å². The first-order chi connectivity index (χ1) is 21.9. The zero-order chi connectivity index (χ0) is 33.3. The molecule has 0 fully saturated rings. The molecule has 2 amide bonds. The second-order valence-corrected chi connectivity index (χ2v) is 13.5. The largest absolute Gasteiger partial charge is 0.467 e. The molecule has 0 unspecified atom stereocenters. The highest BCUT2D eigenvalue weighted by Gasteiger charge is 2.27. The average Bonchev–Trinajstić information content (AvgIpc) is 3.01. The van der Waals surface area contributed by atoms with Gasteiger partial charge < -0.3 is 20.1 Å². The van der Waals surface area contributed by atoms with Crippen molar-refractivity contribution < 1.29 is 23.9 Å². The van der Waals surface area contributed by atoms with Gasteiger partial charge >= 0.3 is 5.97 Å². The number of anilines is 1. The van der Waals surface area contributed by atoms with Crippen LogP contribution in [-0.2, 0) is 20.7 Å². The third-order valence-corrected chi connectivity index (χ3v) is 7.95. The number of esters is 1. The van der Waals surface area contributed by atoms with Gasteiger partial charge in [-0.25, -0.2) is 4.79 Å². The van der Waals surface area contributed by atoms with Crippen molar-refractivity contribution in [3.8, 4) is 22.6 Å². The van der Waals surface area contributed by atoms with Gasteiger partial charge in [0.05, 0.1) is 18.4 Å². The lowest BCUT2D eigenvalue weighted by Gasteiger charge is -2.26. The Morgan fingerprint density at radius 1 is 0.870 bits per heavy atom. The van der Waals surface area contributed by atoms with E-state index in [1.807, 2.05) is 78.9 Å². The molecule has 1 atom stereocenters. The predicted octanol–water partition coefficient (Wildman–Crippen LogP) is 8.82. The maximum Gasteiger partial charge on any atom is 0.328 e. The number of carbonyl (C=O) groups is 3. The Morgan fingerprint density at radius 2 is 1.54 bits per heavy atom. The molecule has 240 valence electrons. The normalized spacial score (nSPS) is 11.9. The van der Waals surface area contributed by atoms with Crippen molar-refractivity contribution >= 4 is 39.4 Å². The van der Waals surface area contributed by atoms with Crippen LogP contribution in [0, 0.1) is 11.3 Å². The highest BCUT2D eigenvalue weighted by Crippen LogP contribution is 2.34. The minimum Gasteiger partial charge on any atom is -0.467 e. The minimum absolute atomic E-state index is 0.178. The molecule has 2 N–H and O–H groups in total. The van der Waals surface area contributed by atoms with E-state index in [1.165, 1.54) is 7.11 Å². The van der Waals surface area contributed by atoms with Gasteiger partial charge in [0.2, 0.25) is 5.91 Å². The first kappa shape index (κ1) is 34.4. The van der Waals surface area contributed by atoms with Crippen molar-refractivity contribution in [3.05, 3.63) is 113 Å². The van der Waals surface area contributed by atoms with Crippen molar-refractivity contribution in [1.29, 1.82) is 0 Å². The van der Waals surface area contributed by atoms with E-state index in [9.17, 15) is 14.4 Å². The Hall–Kier alpha value is -4.43. The number of halogens is 1. The van der Waals surface area contributed by atoms with Gasteiger partial charge in [-0.05, 0) is 65.3 Å². The van der Waals surface area contributed by atoms with Crippen LogP contribution in [0.3, 0.4) is 0 Å². The van der Waals surface area contributed by atoms with E-state index >= 15 is 0 Å². The molecule has 0 spiro atoms. The standard InChI is InChI=1S/C38H41BrN2O5/c1-25(2)23-38(3,4)24-35(42)40-32-20-19-28(39)22-31(32)36(43)41-33(37(44)45-5)21-26-15-17-27(18-16-26)30-13-9-10-14-34(30)46-29-11-7-6-8-12-29/h6-20,22,25,33H,21,23-24H2,1-5H3,(H,40,42)(H,41,43)/t33-/m0/s1. The zero-order valence-electron chi connectivity index (χ0n) is 26.9. The summed E-state index contributed by atoms with van der Waals surface area (Å²) in [5.41, 5.74) is 3.11. The molecular formula is C38H41BrN2O5. The van der Waals surface area contributed by atoms with Crippen molar-refractivity contribution in [2.24, 2.45) is 11.3 Å². The average molecular weight is 686 g/mol. The summed E-state index contributed by atoms with van der Waals surface area (Å²) in [5.74, 6) is 0.662. The molecular weight excluding hydrogens is 644 g/mol. The first-order valence-corrected chi connectivity index (χ1v) is 16.1. The van der Waals surface area contributed by atoms with Crippen LogP contribution in [0.2, 0.25) is 0 Å². The number of methoxy groups -OCH3 is 1. The number of hydrogen-bond donors (Lipinski definition) is 2. The molecule has 8 heteroatoms. The van der Waals surface area contributed by atoms with Gasteiger partial charge in [0.15, 0.2) is 0 Å². The topological polar surface area (TPSA) is 93.7 Å². The van der Waals surface area contributed by atoms with Gasteiger partial charge in [0.1, 0.15) is 17.5 Å². The van der Waals surface area contributed by atoms with Gasteiger partial charge in [0.25, 0.3) is 5.91 Å². The molecule has 4 rings (SSSR count). The van der Waals surface area contributed by atoms with E-state index in [1.54, 1.807) is 18.2 Å². The fourth-order valence-corrected chi connectivity index (χ4v) is 6.02. The third-order valence-electron chi connectivity index (χ3n) is 7.45. The van der Waals surface area contributed by atoms with Gasteiger partial charge in [-0.15, -0.1) is 0 Å². The monoisotopic (exact) mass is 684 g/mol. The summed E-state index contributed by atoms with van der Waals surface area (Å²) in [6.07, 6.45) is 1.41. The van der Waals surface area contributed by atoms with Crippen LogP contribution in [0.5, 0.6) is 11.5 Å². The Labute approximate surface area is 279 Å². The van der Waals surface area contributed by atoms with Gasteiger partial charge in [-0.1, -0.05) is 104 Å². The number of ether oxygens (including phenoxy) is 2. The fourth-order valence-electron chi connectivity index (χ4n) is 5.66. The molecule has 0 aliphatic carbocycles. The van der Waals surface area contributed by atoms with E-state index in [0.717, 1.165) is 34.6 Å². The molecule has 0 heterocycles. The number of hydrogen-bond acceptors (Lipinski definition) is 5. The van der Waals surface area contributed by atoms with Crippen molar-refractivity contribution in [3.63, 3.8) is 0 Å². The van der Waals surface area contributed by atoms with Crippen LogP contribution >= 0.6 is 15.9 Å². The molecule has 4 aromatic rings. The van der Waals surface area contributed by atoms with Crippen LogP contribution in [0.4, 0.5) is 5.69 Å². The zero-order valence-corrected chi connectivity index (χ0v) is 28.5. The highest BCUT2D eigenvalue weighted by atomic mass is 79.9. The lowest BCUT2D eigenvalue weighted by atomic mass is 9.81. The Morgan fingerprint density at radius 3 is 2.22 bits per heavy atom. The summed E-state index contributed by atoms with van der Waals surface area (Å²) in [5, 5.41) is 5.73. The van der Waals surface area contributed by atoms with Gasteiger partial charge in [-0.2, -0.15) is 0 Å². The molecule has 0 saturated carbocycles. The Balaban J connectivity index is 1.49. The molecule has 0 radical (unpaired) electrons. The van der Waals surface area contributed by atoms with Crippen LogP contribution in [0.15, 0.2) is 102 Å².